The van der Waals surface area contributed by atoms with Crippen LogP contribution < -0.4 is 24.8 Å². The summed E-state index contributed by atoms with van der Waals surface area (Å²) in [7, 11) is 1.54. The molecule has 1 spiro atoms. The van der Waals surface area contributed by atoms with Gasteiger partial charge in [0.15, 0.2) is 0 Å². The Morgan fingerprint density at radius 1 is 0.974 bits per heavy atom. The Balaban J connectivity index is 1.18. The van der Waals surface area contributed by atoms with Crippen molar-refractivity contribution >= 4 is 5.91 Å². The molecule has 38 heavy (non-hydrogen) atoms. The number of benzene rings is 2. The summed E-state index contributed by atoms with van der Waals surface area (Å²) in [6.07, 6.45) is 4.88. The van der Waals surface area contributed by atoms with E-state index < -0.39 is 0 Å². The van der Waals surface area contributed by atoms with Crippen LogP contribution in [0.4, 0.5) is 0 Å². The molecule has 202 valence electrons. The summed E-state index contributed by atoms with van der Waals surface area (Å²) >= 11 is 0. The first-order chi connectivity index (χ1) is 18.1. The lowest BCUT2D eigenvalue weighted by Gasteiger charge is -2.63. The fraction of sp³-hybridized carbons (Fsp3) is 0.548. The zero-order valence-corrected chi connectivity index (χ0v) is 23.1. The van der Waals surface area contributed by atoms with E-state index in [4.69, 9.17) is 14.2 Å². The van der Waals surface area contributed by atoms with Crippen LogP contribution in [0.15, 0.2) is 42.5 Å². The van der Waals surface area contributed by atoms with E-state index in [2.05, 4.69) is 44.4 Å². The molecule has 1 saturated heterocycles. The number of hydrogen-bond donors (Lipinski definition) is 2. The maximum Gasteiger partial charge on any atom is 0.251 e. The molecule has 0 aromatic heterocycles. The molecule has 1 aliphatic heterocycles. The van der Waals surface area contributed by atoms with Crippen molar-refractivity contribution in [1.29, 1.82) is 5.26 Å². The molecule has 1 heterocycles. The average Bonchev–Trinajstić information content (AvgIpc) is 2.89. The molecule has 0 atom stereocenters. The molecule has 3 aliphatic rings. The minimum atomic E-state index is -0.307. The standard InChI is InChI=1S/C31H39N3O4/c1-29(2)27(30(3,4)28(29)38-23-11-8-21(19-32)25(16-23)36-5)34-26(35)20-6-9-22(10-7-20)37-24-17-31(18-24)12-14-33-15-13-31/h6-11,16,24,27-28,33H,12-15,17-18H2,1-5H3,(H,34,35). The van der Waals surface area contributed by atoms with Crippen LogP contribution in [0.5, 0.6) is 17.2 Å². The van der Waals surface area contributed by atoms with Crippen molar-refractivity contribution in [3.05, 3.63) is 53.6 Å². The highest BCUT2D eigenvalue weighted by Crippen LogP contribution is 2.55. The van der Waals surface area contributed by atoms with Crippen molar-refractivity contribution in [2.75, 3.05) is 20.2 Å². The Labute approximate surface area is 225 Å². The van der Waals surface area contributed by atoms with Gasteiger partial charge in [0.2, 0.25) is 0 Å². The Kier molecular flexibility index (Phi) is 6.81. The highest BCUT2D eigenvalue weighted by atomic mass is 16.5. The molecular weight excluding hydrogens is 478 g/mol. The quantitative estimate of drug-likeness (QED) is 0.532. The van der Waals surface area contributed by atoms with E-state index in [9.17, 15) is 10.1 Å². The summed E-state index contributed by atoms with van der Waals surface area (Å²) in [5, 5.41) is 16.0. The second-order valence-corrected chi connectivity index (χ2v) is 12.4. The number of nitriles is 1. The molecule has 2 N–H and O–H groups in total. The van der Waals surface area contributed by atoms with E-state index >= 15 is 0 Å². The van der Waals surface area contributed by atoms with Gasteiger partial charge < -0.3 is 24.8 Å². The minimum Gasteiger partial charge on any atom is -0.495 e. The van der Waals surface area contributed by atoms with Gasteiger partial charge in [0.25, 0.3) is 5.91 Å². The first kappa shape index (κ1) is 26.4. The summed E-state index contributed by atoms with van der Waals surface area (Å²) < 4.78 is 17.9. The first-order valence-electron chi connectivity index (χ1n) is 13.6. The van der Waals surface area contributed by atoms with Gasteiger partial charge in [0.05, 0.1) is 18.8 Å². The van der Waals surface area contributed by atoms with Crippen LogP contribution in [0, 0.1) is 27.6 Å². The van der Waals surface area contributed by atoms with Crippen LogP contribution in [0.2, 0.25) is 0 Å². The number of hydrogen-bond acceptors (Lipinski definition) is 6. The Morgan fingerprint density at radius 2 is 1.61 bits per heavy atom. The number of nitrogens with zero attached hydrogens (tertiary/aromatic N) is 1. The van der Waals surface area contributed by atoms with Crippen molar-refractivity contribution in [2.45, 2.75) is 71.6 Å². The monoisotopic (exact) mass is 517 g/mol. The van der Waals surface area contributed by atoms with Gasteiger partial charge >= 0.3 is 0 Å². The van der Waals surface area contributed by atoms with Crippen LogP contribution in [-0.2, 0) is 0 Å². The Bertz CT molecular complexity index is 1200. The van der Waals surface area contributed by atoms with Gasteiger partial charge in [-0.15, -0.1) is 0 Å². The van der Waals surface area contributed by atoms with Crippen LogP contribution >= 0.6 is 0 Å². The number of nitrogens with one attached hydrogen (secondary N) is 2. The molecule has 2 aromatic rings. The maximum absolute atomic E-state index is 13.2. The van der Waals surface area contributed by atoms with Gasteiger partial charge in [-0.05, 0) is 80.6 Å². The number of piperidine rings is 1. The van der Waals surface area contributed by atoms with E-state index in [-0.39, 0.29) is 35.0 Å². The largest absolute Gasteiger partial charge is 0.495 e. The molecule has 5 rings (SSSR count). The Morgan fingerprint density at radius 3 is 2.21 bits per heavy atom. The Hall–Kier alpha value is -3.24. The van der Waals surface area contributed by atoms with E-state index in [0.29, 0.717) is 28.0 Å². The van der Waals surface area contributed by atoms with Gasteiger partial charge in [0.1, 0.15) is 29.4 Å². The summed E-state index contributed by atoms with van der Waals surface area (Å²) in [4.78, 5) is 13.2. The van der Waals surface area contributed by atoms with Crippen LogP contribution in [-0.4, -0.2) is 44.4 Å². The van der Waals surface area contributed by atoms with Crippen molar-refractivity contribution in [3.8, 4) is 23.3 Å². The molecule has 3 fully saturated rings. The van der Waals surface area contributed by atoms with Gasteiger partial charge in [-0.1, -0.05) is 27.7 Å². The summed E-state index contributed by atoms with van der Waals surface area (Å²) in [5.41, 5.74) is 0.947. The van der Waals surface area contributed by atoms with Gasteiger partial charge in [-0.25, -0.2) is 0 Å². The zero-order valence-electron chi connectivity index (χ0n) is 23.1. The number of ether oxygens (including phenoxy) is 3. The average molecular weight is 518 g/mol. The van der Waals surface area contributed by atoms with E-state index in [1.165, 1.54) is 12.8 Å². The normalized spacial score (nSPS) is 24.8. The summed E-state index contributed by atoms with van der Waals surface area (Å²) in [6.45, 7) is 10.7. The SMILES string of the molecule is COc1cc(OC2C(C)(C)C(NC(=O)c3ccc(OC4CC5(CCNCC5)C4)cc3)C2(C)C)ccc1C#N. The van der Waals surface area contributed by atoms with Crippen LogP contribution in [0.3, 0.4) is 0 Å². The number of carbonyl (C=O) groups is 1. The predicted octanol–water partition coefficient (Wildman–Crippen LogP) is 5.09. The third-order valence-corrected chi connectivity index (χ3v) is 9.07. The van der Waals surface area contributed by atoms with Crippen LogP contribution in [0.25, 0.3) is 0 Å². The number of methoxy groups -OCH3 is 1. The smallest absolute Gasteiger partial charge is 0.251 e. The zero-order chi connectivity index (χ0) is 27.1. The number of carbonyl (C=O) groups excluding carboxylic acids is 1. The van der Waals surface area contributed by atoms with E-state index in [1.807, 2.05) is 24.3 Å². The fourth-order valence-corrected chi connectivity index (χ4v) is 7.22. The minimum absolute atomic E-state index is 0.0835. The molecule has 2 saturated carbocycles. The van der Waals surface area contributed by atoms with Gasteiger partial charge in [-0.2, -0.15) is 5.26 Å². The van der Waals surface area contributed by atoms with E-state index in [0.717, 1.165) is 31.7 Å². The highest BCUT2D eigenvalue weighted by Gasteiger charge is 2.64. The molecule has 7 heteroatoms. The third-order valence-electron chi connectivity index (χ3n) is 9.07. The fourth-order valence-electron chi connectivity index (χ4n) is 7.22. The lowest BCUT2D eigenvalue weighted by atomic mass is 9.49. The molecule has 1 amide bonds. The molecule has 0 radical (unpaired) electrons. The van der Waals surface area contributed by atoms with Crippen LogP contribution in [0.1, 0.15) is 69.3 Å². The molecule has 0 unspecified atom stereocenters. The number of rotatable bonds is 7. The highest BCUT2D eigenvalue weighted by molar-refractivity contribution is 5.94. The molecule has 2 aliphatic carbocycles. The lowest BCUT2D eigenvalue weighted by molar-refractivity contribution is -0.164. The second kappa shape index (κ2) is 9.81. The molecular formula is C31H39N3O4. The van der Waals surface area contributed by atoms with Crippen molar-refractivity contribution in [1.82, 2.24) is 10.6 Å². The first-order valence-corrected chi connectivity index (χ1v) is 13.6. The molecule has 2 aromatic carbocycles. The van der Waals surface area contributed by atoms with E-state index in [1.54, 1.807) is 25.3 Å². The third kappa shape index (κ3) is 4.71. The van der Waals surface area contributed by atoms with Gasteiger partial charge in [0, 0.05) is 28.5 Å². The summed E-state index contributed by atoms with van der Waals surface area (Å²) in [5.74, 6) is 1.86. The van der Waals surface area contributed by atoms with Crippen molar-refractivity contribution < 1.29 is 19.0 Å². The summed E-state index contributed by atoms with van der Waals surface area (Å²) in [6, 6.07) is 14.8. The predicted molar refractivity (Wildman–Crippen MR) is 146 cm³/mol. The second-order valence-electron chi connectivity index (χ2n) is 12.4. The lowest BCUT2D eigenvalue weighted by Crippen LogP contribution is -2.74. The van der Waals surface area contributed by atoms with Gasteiger partial charge in [-0.3, -0.25) is 4.79 Å². The van der Waals surface area contributed by atoms with Crippen molar-refractivity contribution in [2.24, 2.45) is 16.2 Å². The molecule has 7 nitrogen and oxygen atoms in total. The maximum atomic E-state index is 13.2. The molecule has 0 bridgehead atoms. The van der Waals surface area contributed by atoms with Crippen molar-refractivity contribution in [3.63, 3.8) is 0 Å². The number of amides is 1. The topological polar surface area (TPSA) is 92.6 Å².